The lowest BCUT2D eigenvalue weighted by Gasteiger charge is -2.12. The van der Waals surface area contributed by atoms with Gasteiger partial charge in [0.2, 0.25) is 15.9 Å². The van der Waals surface area contributed by atoms with Gasteiger partial charge < -0.3 is 4.90 Å². The van der Waals surface area contributed by atoms with Crippen LogP contribution in [-0.2, 0) is 27.0 Å². The van der Waals surface area contributed by atoms with Crippen LogP contribution in [0.2, 0.25) is 0 Å². The summed E-state index contributed by atoms with van der Waals surface area (Å²) in [6.45, 7) is 1.89. The van der Waals surface area contributed by atoms with Gasteiger partial charge in [-0.05, 0) is 41.8 Å². The molecule has 23 heavy (non-hydrogen) atoms. The molecule has 2 aromatic carbocycles. The van der Waals surface area contributed by atoms with Crippen LogP contribution in [0.1, 0.15) is 16.7 Å². The van der Waals surface area contributed by atoms with E-state index in [2.05, 4.69) is 4.72 Å². The molecule has 0 saturated carbocycles. The molecule has 1 amide bonds. The number of carbonyl (C=O) groups is 1. The molecule has 1 aliphatic heterocycles. The van der Waals surface area contributed by atoms with Gasteiger partial charge in [-0.3, -0.25) is 9.52 Å². The molecule has 1 heterocycles. The summed E-state index contributed by atoms with van der Waals surface area (Å²) in [6, 6.07) is 12.6. The zero-order chi connectivity index (χ0) is 16.6. The van der Waals surface area contributed by atoms with Crippen molar-refractivity contribution < 1.29 is 13.2 Å². The minimum Gasteiger partial charge on any atom is -0.315 e. The van der Waals surface area contributed by atoms with Crippen molar-refractivity contribution in [2.45, 2.75) is 19.1 Å². The first kappa shape index (κ1) is 15.6. The summed E-state index contributed by atoms with van der Waals surface area (Å²) < 4.78 is 27.3. The summed E-state index contributed by atoms with van der Waals surface area (Å²) in [5, 5.41) is 0. The van der Waals surface area contributed by atoms with Crippen molar-refractivity contribution in [2.24, 2.45) is 0 Å². The zero-order valence-corrected chi connectivity index (χ0v) is 13.9. The average molecular weight is 330 g/mol. The first-order valence-electron chi connectivity index (χ1n) is 7.30. The molecule has 0 bridgehead atoms. The molecular formula is C17H18N2O3S. The lowest BCUT2D eigenvalue weighted by molar-refractivity contribution is -0.117. The first-order chi connectivity index (χ1) is 10.9. The van der Waals surface area contributed by atoms with E-state index in [1.54, 1.807) is 30.1 Å². The maximum atomic E-state index is 12.4. The van der Waals surface area contributed by atoms with Gasteiger partial charge in [0, 0.05) is 18.4 Å². The molecule has 2 aromatic rings. The number of fused-ring (bicyclic) bond motifs is 1. The van der Waals surface area contributed by atoms with E-state index in [1.165, 1.54) is 0 Å². The number of carbonyl (C=O) groups excluding carboxylic acids is 1. The molecule has 0 spiro atoms. The molecule has 5 nitrogen and oxygen atoms in total. The number of sulfonamides is 1. The number of hydrogen-bond donors (Lipinski definition) is 1. The molecule has 0 aromatic heterocycles. The third-order valence-corrected chi connectivity index (χ3v) is 5.27. The first-order valence-corrected chi connectivity index (χ1v) is 8.95. The Labute approximate surface area is 136 Å². The van der Waals surface area contributed by atoms with E-state index < -0.39 is 10.0 Å². The highest BCUT2D eigenvalue weighted by atomic mass is 32.2. The van der Waals surface area contributed by atoms with Crippen molar-refractivity contribution >= 4 is 27.3 Å². The Balaban J connectivity index is 1.81. The summed E-state index contributed by atoms with van der Waals surface area (Å²) in [4.78, 5) is 13.3. The molecular weight excluding hydrogens is 312 g/mol. The molecule has 1 aliphatic rings. The lowest BCUT2D eigenvalue weighted by atomic mass is 10.1. The van der Waals surface area contributed by atoms with E-state index in [9.17, 15) is 13.2 Å². The van der Waals surface area contributed by atoms with Crippen molar-refractivity contribution in [3.8, 4) is 0 Å². The van der Waals surface area contributed by atoms with E-state index in [0.717, 1.165) is 22.4 Å². The summed E-state index contributed by atoms with van der Waals surface area (Å²) in [6.07, 6.45) is 0.305. The standard InChI is InChI=1S/C17H18N2O3S/c1-12-5-3-4-6-13(12)11-23(21,22)18-15-7-8-16-14(9-15)10-17(20)19(16)2/h3-9,18H,10-11H2,1-2H3. The van der Waals surface area contributed by atoms with Crippen LogP contribution in [0.4, 0.5) is 11.4 Å². The van der Waals surface area contributed by atoms with Gasteiger partial charge in [0.05, 0.1) is 12.2 Å². The highest BCUT2D eigenvalue weighted by Crippen LogP contribution is 2.30. The third kappa shape index (κ3) is 3.22. The van der Waals surface area contributed by atoms with E-state index in [0.29, 0.717) is 12.1 Å². The Bertz CT molecular complexity index is 875. The van der Waals surface area contributed by atoms with Crippen molar-refractivity contribution in [3.05, 3.63) is 59.2 Å². The Kier molecular flexibility index (Phi) is 3.85. The fourth-order valence-electron chi connectivity index (χ4n) is 2.73. The molecule has 6 heteroatoms. The molecule has 0 aliphatic carbocycles. The van der Waals surface area contributed by atoms with Gasteiger partial charge in [-0.2, -0.15) is 0 Å². The summed E-state index contributed by atoms with van der Waals surface area (Å²) >= 11 is 0. The van der Waals surface area contributed by atoms with Crippen LogP contribution < -0.4 is 9.62 Å². The number of likely N-dealkylation sites (N-methyl/N-ethyl adjacent to an activating group) is 1. The van der Waals surface area contributed by atoms with Gasteiger partial charge in [0.15, 0.2) is 0 Å². The van der Waals surface area contributed by atoms with Crippen molar-refractivity contribution in [2.75, 3.05) is 16.7 Å². The van der Waals surface area contributed by atoms with E-state index in [4.69, 9.17) is 0 Å². The maximum Gasteiger partial charge on any atom is 0.236 e. The quantitative estimate of drug-likeness (QED) is 0.936. The van der Waals surface area contributed by atoms with Crippen LogP contribution in [0, 0.1) is 6.92 Å². The highest BCUT2D eigenvalue weighted by molar-refractivity contribution is 7.91. The summed E-state index contributed by atoms with van der Waals surface area (Å²) in [5.41, 5.74) is 3.88. The number of anilines is 2. The Morgan fingerprint density at radius 1 is 1.17 bits per heavy atom. The van der Waals surface area contributed by atoms with Crippen molar-refractivity contribution in [1.82, 2.24) is 0 Å². The largest absolute Gasteiger partial charge is 0.315 e. The van der Waals surface area contributed by atoms with Crippen LogP contribution in [0.25, 0.3) is 0 Å². The van der Waals surface area contributed by atoms with Crippen LogP contribution >= 0.6 is 0 Å². The molecule has 0 fully saturated rings. The minimum absolute atomic E-state index is 0.0138. The van der Waals surface area contributed by atoms with Crippen LogP contribution in [0.3, 0.4) is 0 Å². The molecule has 120 valence electrons. The number of benzene rings is 2. The van der Waals surface area contributed by atoms with Crippen molar-refractivity contribution in [3.63, 3.8) is 0 Å². The zero-order valence-electron chi connectivity index (χ0n) is 13.0. The fraction of sp³-hybridized carbons (Fsp3) is 0.235. The predicted octanol–water partition coefficient (Wildman–Crippen LogP) is 2.46. The molecule has 3 rings (SSSR count). The topological polar surface area (TPSA) is 66.5 Å². The van der Waals surface area contributed by atoms with E-state index >= 15 is 0 Å². The van der Waals surface area contributed by atoms with Gasteiger partial charge in [0.1, 0.15) is 0 Å². The number of hydrogen-bond acceptors (Lipinski definition) is 3. The van der Waals surface area contributed by atoms with E-state index in [1.807, 2.05) is 31.2 Å². The van der Waals surface area contributed by atoms with Gasteiger partial charge in [-0.25, -0.2) is 8.42 Å². The molecule has 0 unspecified atom stereocenters. The van der Waals surface area contributed by atoms with Crippen molar-refractivity contribution in [1.29, 1.82) is 0 Å². The monoisotopic (exact) mass is 330 g/mol. The second-order valence-corrected chi connectivity index (χ2v) is 7.48. The number of rotatable bonds is 4. The highest BCUT2D eigenvalue weighted by Gasteiger charge is 2.24. The summed E-state index contributed by atoms with van der Waals surface area (Å²) in [7, 11) is -1.78. The number of amides is 1. The average Bonchev–Trinajstić information content (AvgIpc) is 2.75. The normalized spacial score (nSPS) is 14.0. The maximum absolute atomic E-state index is 12.4. The number of aryl methyl sites for hydroxylation is 1. The fourth-order valence-corrected chi connectivity index (χ4v) is 4.02. The third-order valence-electron chi connectivity index (χ3n) is 4.04. The predicted molar refractivity (Wildman–Crippen MR) is 91.0 cm³/mol. The number of nitrogens with zero attached hydrogens (tertiary/aromatic N) is 1. The second kappa shape index (κ2) is 5.70. The smallest absolute Gasteiger partial charge is 0.236 e. The van der Waals surface area contributed by atoms with Crippen LogP contribution in [0.5, 0.6) is 0 Å². The van der Waals surface area contributed by atoms with Gasteiger partial charge in [0.25, 0.3) is 0 Å². The minimum atomic E-state index is -3.50. The van der Waals surface area contributed by atoms with Gasteiger partial charge >= 0.3 is 0 Å². The lowest BCUT2D eigenvalue weighted by Crippen LogP contribution is -2.20. The second-order valence-electron chi connectivity index (χ2n) is 5.76. The molecule has 1 N–H and O–H groups in total. The SMILES string of the molecule is Cc1ccccc1CS(=O)(=O)Nc1ccc2c(c1)CC(=O)N2C. The number of nitrogens with one attached hydrogen (secondary N) is 1. The van der Waals surface area contributed by atoms with E-state index in [-0.39, 0.29) is 11.7 Å². The Morgan fingerprint density at radius 3 is 2.65 bits per heavy atom. The summed E-state index contributed by atoms with van der Waals surface area (Å²) in [5.74, 6) is -0.0600. The van der Waals surface area contributed by atoms with Gasteiger partial charge in [-0.1, -0.05) is 24.3 Å². The van der Waals surface area contributed by atoms with Crippen LogP contribution in [-0.4, -0.2) is 21.4 Å². The van der Waals surface area contributed by atoms with Crippen LogP contribution in [0.15, 0.2) is 42.5 Å². The Morgan fingerprint density at radius 2 is 1.91 bits per heavy atom. The molecule has 0 atom stereocenters. The Hall–Kier alpha value is -2.34. The molecule has 0 saturated heterocycles. The molecule has 0 radical (unpaired) electrons. The van der Waals surface area contributed by atoms with Gasteiger partial charge in [-0.15, -0.1) is 0 Å².